The first-order chi connectivity index (χ1) is 8.75. The zero-order valence-corrected chi connectivity index (χ0v) is 10.0. The van der Waals surface area contributed by atoms with Crippen LogP contribution in [0.2, 0.25) is 0 Å². The molecule has 3 rings (SSSR count). The Hall–Kier alpha value is -1.04. The summed E-state index contributed by atoms with van der Waals surface area (Å²) in [5.74, 6) is -1.59. The van der Waals surface area contributed by atoms with E-state index in [0.717, 1.165) is 25.7 Å². The van der Waals surface area contributed by atoms with Gasteiger partial charge < -0.3 is 10.1 Å². The van der Waals surface area contributed by atoms with E-state index in [-0.39, 0.29) is 6.10 Å². The van der Waals surface area contributed by atoms with E-state index in [1.807, 2.05) is 0 Å². The van der Waals surface area contributed by atoms with Crippen LogP contribution in [0.3, 0.4) is 0 Å². The summed E-state index contributed by atoms with van der Waals surface area (Å²) in [6.07, 6.45) is -0.366. The Balaban J connectivity index is 1.79. The fourth-order valence-electron chi connectivity index (χ4n) is 2.66. The van der Waals surface area contributed by atoms with E-state index in [1.54, 1.807) is 6.07 Å². The highest BCUT2D eigenvalue weighted by atomic mass is 19.2. The number of rotatable bonds is 1. The van der Waals surface area contributed by atoms with Crippen molar-refractivity contribution in [2.24, 2.45) is 0 Å². The molecule has 2 heterocycles. The lowest BCUT2D eigenvalue weighted by Crippen LogP contribution is -2.57. The molecule has 2 atom stereocenters. The van der Waals surface area contributed by atoms with Gasteiger partial charge >= 0.3 is 0 Å². The number of fused-ring (bicyclic) bond motifs is 1. The summed E-state index contributed by atoms with van der Waals surface area (Å²) in [5.41, 5.74) is 0.326. The van der Waals surface area contributed by atoms with Crippen LogP contribution in [0.5, 0.6) is 0 Å². The minimum atomic E-state index is -0.807. The van der Waals surface area contributed by atoms with Crippen molar-refractivity contribution in [2.45, 2.75) is 12.1 Å². The number of benzene rings is 1. The van der Waals surface area contributed by atoms with E-state index in [4.69, 9.17) is 4.74 Å². The van der Waals surface area contributed by atoms with Gasteiger partial charge in [0.1, 0.15) is 0 Å². The summed E-state index contributed by atoms with van der Waals surface area (Å²) in [4.78, 5) is 2.29. The molecule has 0 aromatic heterocycles. The van der Waals surface area contributed by atoms with Crippen LogP contribution in [0.1, 0.15) is 11.7 Å². The molecule has 0 amide bonds. The number of nitrogens with zero attached hydrogens (tertiary/aromatic N) is 1. The summed E-state index contributed by atoms with van der Waals surface area (Å²) < 4.78 is 32.6. The van der Waals surface area contributed by atoms with Crippen molar-refractivity contribution in [2.75, 3.05) is 32.8 Å². The maximum Gasteiger partial charge on any atom is 0.164 e. The van der Waals surface area contributed by atoms with Crippen LogP contribution >= 0.6 is 0 Å². The molecule has 0 aliphatic carbocycles. The first kappa shape index (κ1) is 12.0. The van der Waals surface area contributed by atoms with Gasteiger partial charge in [0.2, 0.25) is 0 Å². The zero-order chi connectivity index (χ0) is 12.5. The van der Waals surface area contributed by atoms with Crippen molar-refractivity contribution in [3.63, 3.8) is 0 Å². The molecule has 18 heavy (non-hydrogen) atoms. The van der Waals surface area contributed by atoms with E-state index in [2.05, 4.69) is 10.2 Å². The third-order valence-electron chi connectivity index (χ3n) is 3.69. The number of hydrogen-bond acceptors (Lipinski definition) is 3. The van der Waals surface area contributed by atoms with Gasteiger partial charge in [0.05, 0.1) is 12.7 Å². The monoisotopic (exact) mass is 254 g/mol. The predicted octanol–water partition coefficient (Wildman–Crippen LogP) is 1.31. The minimum Gasteiger partial charge on any atom is -0.370 e. The van der Waals surface area contributed by atoms with E-state index in [1.165, 1.54) is 6.07 Å². The molecule has 3 nitrogen and oxygen atoms in total. The Kier molecular flexibility index (Phi) is 3.28. The Morgan fingerprint density at radius 3 is 3.11 bits per heavy atom. The maximum atomic E-state index is 13.7. The quantitative estimate of drug-likeness (QED) is 0.818. The first-order valence-electron chi connectivity index (χ1n) is 6.26. The Morgan fingerprint density at radius 2 is 2.22 bits per heavy atom. The van der Waals surface area contributed by atoms with E-state index in [9.17, 15) is 8.78 Å². The van der Waals surface area contributed by atoms with Crippen LogP contribution in [0.25, 0.3) is 0 Å². The van der Waals surface area contributed by atoms with Crippen LogP contribution in [-0.4, -0.2) is 43.7 Å². The molecule has 0 saturated carbocycles. The topological polar surface area (TPSA) is 24.5 Å². The van der Waals surface area contributed by atoms with Crippen LogP contribution in [0.4, 0.5) is 8.78 Å². The van der Waals surface area contributed by atoms with Crippen molar-refractivity contribution in [1.82, 2.24) is 10.2 Å². The molecule has 0 spiro atoms. The van der Waals surface area contributed by atoms with Crippen molar-refractivity contribution in [1.29, 1.82) is 0 Å². The van der Waals surface area contributed by atoms with Crippen molar-refractivity contribution >= 4 is 0 Å². The molecule has 0 radical (unpaired) electrons. The fraction of sp³-hybridized carbons (Fsp3) is 0.538. The summed E-state index contributed by atoms with van der Waals surface area (Å²) in [6.45, 7) is 3.97. The normalized spacial score (nSPS) is 29.0. The third-order valence-corrected chi connectivity index (χ3v) is 3.69. The smallest absolute Gasteiger partial charge is 0.164 e. The Bertz CT molecular complexity index is 441. The average Bonchev–Trinajstić information content (AvgIpc) is 2.41. The highest BCUT2D eigenvalue weighted by Gasteiger charge is 2.32. The van der Waals surface area contributed by atoms with Gasteiger partial charge in [-0.15, -0.1) is 0 Å². The van der Waals surface area contributed by atoms with Crippen molar-refractivity contribution < 1.29 is 13.5 Å². The summed E-state index contributed by atoms with van der Waals surface area (Å²) in [7, 11) is 0. The largest absolute Gasteiger partial charge is 0.370 e. The van der Waals surface area contributed by atoms with Gasteiger partial charge in [0.25, 0.3) is 0 Å². The Morgan fingerprint density at radius 1 is 1.33 bits per heavy atom. The molecule has 2 saturated heterocycles. The lowest BCUT2D eigenvalue weighted by molar-refractivity contribution is -0.0731. The molecule has 2 aliphatic heterocycles. The number of hydrogen-bond donors (Lipinski definition) is 1. The number of morpholine rings is 1. The van der Waals surface area contributed by atoms with Gasteiger partial charge in [-0.1, -0.05) is 12.1 Å². The number of halogens is 2. The molecule has 2 aliphatic rings. The predicted molar refractivity (Wildman–Crippen MR) is 63.3 cm³/mol. The zero-order valence-electron chi connectivity index (χ0n) is 10.0. The molecule has 5 heteroatoms. The number of nitrogens with one attached hydrogen (secondary N) is 1. The SMILES string of the molecule is Fc1cccc([C@@H]2CN3CCNC[C@H]3CO2)c1F. The first-order valence-corrected chi connectivity index (χ1v) is 6.26. The van der Waals surface area contributed by atoms with Gasteiger partial charge in [0, 0.05) is 37.8 Å². The fourth-order valence-corrected chi connectivity index (χ4v) is 2.66. The highest BCUT2D eigenvalue weighted by molar-refractivity contribution is 5.22. The van der Waals surface area contributed by atoms with Gasteiger partial charge in [-0.3, -0.25) is 4.90 Å². The second-order valence-electron chi connectivity index (χ2n) is 4.82. The molecule has 1 aromatic rings. The van der Waals surface area contributed by atoms with E-state index in [0.29, 0.717) is 24.8 Å². The molecule has 1 N–H and O–H groups in total. The average molecular weight is 254 g/mol. The minimum absolute atomic E-state index is 0.326. The maximum absolute atomic E-state index is 13.7. The van der Waals surface area contributed by atoms with Crippen molar-refractivity contribution in [3.05, 3.63) is 35.4 Å². The lowest BCUT2D eigenvalue weighted by Gasteiger charge is -2.42. The molecule has 0 bridgehead atoms. The summed E-state index contributed by atoms with van der Waals surface area (Å²) in [6, 6.07) is 4.62. The molecular formula is C13H16F2N2O. The highest BCUT2D eigenvalue weighted by Crippen LogP contribution is 2.28. The van der Waals surface area contributed by atoms with Crippen LogP contribution in [0.15, 0.2) is 18.2 Å². The van der Waals surface area contributed by atoms with Gasteiger partial charge in [0.15, 0.2) is 11.6 Å². The molecular weight excluding hydrogens is 238 g/mol. The third kappa shape index (κ3) is 2.13. The molecule has 2 fully saturated rings. The molecule has 1 aromatic carbocycles. The van der Waals surface area contributed by atoms with E-state index >= 15 is 0 Å². The van der Waals surface area contributed by atoms with Crippen LogP contribution in [-0.2, 0) is 4.74 Å². The van der Waals surface area contributed by atoms with Gasteiger partial charge in [-0.2, -0.15) is 0 Å². The molecule has 0 unspecified atom stereocenters. The standard InChI is InChI=1S/C13H16F2N2O/c14-11-3-1-2-10(13(11)15)12-7-17-5-4-16-6-9(17)8-18-12/h1-3,9,12,16H,4-8H2/t9-,12-/m0/s1. The number of piperazine rings is 1. The second kappa shape index (κ2) is 4.91. The van der Waals surface area contributed by atoms with Crippen LogP contribution < -0.4 is 5.32 Å². The van der Waals surface area contributed by atoms with Gasteiger partial charge in [-0.25, -0.2) is 8.78 Å². The molecule has 98 valence electrons. The number of ether oxygens (including phenoxy) is 1. The Labute approximate surface area is 105 Å². The van der Waals surface area contributed by atoms with Crippen LogP contribution in [0, 0.1) is 11.6 Å². The summed E-state index contributed by atoms with van der Waals surface area (Å²) >= 11 is 0. The summed E-state index contributed by atoms with van der Waals surface area (Å²) in [5, 5.41) is 3.30. The van der Waals surface area contributed by atoms with Gasteiger partial charge in [-0.05, 0) is 6.07 Å². The van der Waals surface area contributed by atoms with E-state index < -0.39 is 11.6 Å². The second-order valence-corrected chi connectivity index (χ2v) is 4.82. The lowest BCUT2D eigenvalue weighted by atomic mass is 10.0. The van der Waals surface area contributed by atoms with Crippen molar-refractivity contribution in [3.8, 4) is 0 Å².